The third-order valence-corrected chi connectivity index (χ3v) is 5.72. The molecule has 6 nitrogen and oxygen atoms in total. The molecule has 0 radical (unpaired) electrons. The van der Waals surface area contributed by atoms with Gasteiger partial charge in [-0.15, -0.1) is 0 Å². The zero-order valence-electron chi connectivity index (χ0n) is 14.7. The predicted molar refractivity (Wildman–Crippen MR) is 90.8 cm³/mol. The van der Waals surface area contributed by atoms with Crippen LogP contribution in [0.15, 0.2) is 18.2 Å². The molecular weight excluding hydrogens is 306 g/mol. The second kappa shape index (κ2) is 5.46. The Labute approximate surface area is 142 Å². The van der Waals surface area contributed by atoms with Crippen molar-refractivity contribution in [2.45, 2.75) is 58.5 Å². The highest BCUT2D eigenvalue weighted by molar-refractivity contribution is 5.97. The molecule has 3 rings (SSSR count). The van der Waals surface area contributed by atoms with E-state index in [4.69, 9.17) is 0 Å². The van der Waals surface area contributed by atoms with Crippen LogP contribution in [0.4, 0.5) is 10.6 Å². The van der Waals surface area contributed by atoms with Crippen LogP contribution >= 0.6 is 0 Å². The molecule has 0 spiro atoms. The fourth-order valence-electron chi connectivity index (χ4n) is 4.52. The van der Waals surface area contributed by atoms with Gasteiger partial charge in [-0.2, -0.15) is 0 Å². The van der Waals surface area contributed by atoms with E-state index in [1.54, 1.807) is 6.07 Å². The van der Waals surface area contributed by atoms with Crippen molar-refractivity contribution in [2.75, 3.05) is 5.32 Å². The summed E-state index contributed by atoms with van der Waals surface area (Å²) in [5.74, 6) is 0.273. The van der Waals surface area contributed by atoms with E-state index >= 15 is 0 Å². The number of nitrogens with one attached hydrogen (secondary N) is 1. The second-order valence-corrected chi connectivity index (χ2v) is 8.04. The number of likely N-dealkylation sites (tertiary alicyclic amines) is 1. The van der Waals surface area contributed by atoms with Crippen LogP contribution in [0.5, 0.6) is 0 Å². The summed E-state index contributed by atoms with van der Waals surface area (Å²) in [5, 5.41) is 12.6. The Morgan fingerprint density at radius 3 is 2.67 bits per heavy atom. The standard InChI is InChI=1S/C18H25N3O3/c1-11-6-5-7-13(19-11)20-15(22)14-12-8-9-18(10-12,17(2,3)4)21(14)16(23)24/h5-7,12,14H,8-10H2,1-4H3,(H,23,24)(H,19,20,22)/t12-,14-,18+/m0/s1. The Morgan fingerprint density at radius 2 is 2.08 bits per heavy atom. The zero-order chi connectivity index (χ0) is 17.7. The molecule has 1 aliphatic heterocycles. The smallest absolute Gasteiger partial charge is 0.408 e. The summed E-state index contributed by atoms with van der Waals surface area (Å²) in [6, 6.07) is 4.76. The minimum absolute atomic E-state index is 0.0742. The van der Waals surface area contributed by atoms with Crippen molar-refractivity contribution in [1.82, 2.24) is 9.88 Å². The van der Waals surface area contributed by atoms with Crippen LogP contribution in [-0.2, 0) is 4.79 Å². The van der Waals surface area contributed by atoms with E-state index in [9.17, 15) is 14.7 Å². The van der Waals surface area contributed by atoms with Crippen LogP contribution in [0.3, 0.4) is 0 Å². The molecule has 2 fully saturated rings. The number of piperidine rings is 1. The molecule has 2 bridgehead atoms. The number of aryl methyl sites for hydroxylation is 1. The number of fused-ring (bicyclic) bond motifs is 2. The van der Waals surface area contributed by atoms with E-state index in [-0.39, 0.29) is 17.2 Å². The predicted octanol–water partition coefficient (Wildman–Crippen LogP) is 3.28. The summed E-state index contributed by atoms with van der Waals surface area (Å²) in [6.45, 7) is 8.04. The van der Waals surface area contributed by atoms with E-state index in [1.165, 1.54) is 4.90 Å². The van der Waals surface area contributed by atoms with E-state index in [2.05, 4.69) is 31.1 Å². The molecule has 24 heavy (non-hydrogen) atoms. The van der Waals surface area contributed by atoms with Gasteiger partial charge in [0.1, 0.15) is 11.9 Å². The van der Waals surface area contributed by atoms with Gasteiger partial charge >= 0.3 is 6.09 Å². The highest BCUT2D eigenvalue weighted by Crippen LogP contribution is 2.58. The van der Waals surface area contributed by atoms with Gasteiger partial charge in [-0.1, -0.05) is 26.8 Å². The van der Waals surface area contributed by atoms with Crippen molar-refractivity contribution in [2.24, 2.45) is 11.3 Å². The highest BCUT2D eigenvalue weighted by Gasteiger charge is 2.64. The average molecular weight is 331 g/mol. The number of nitrogens with zero attached hydrogens (tertiary/aromatic N) is 2. The van der Waals surface area contributed by atoms with Crippen LogP contribution < -0.4 is 5.32 Å². The normalized spacial score (nSPS) is 28.9. The van der Waals surface area contributed by atoms with Crippen molar-refractivity contribution >= 4 is 17.8 Å². The van der Waals surface area contributed by atoms with Gasteiger partial charge in [-0.05, 0) is 49.7 Å². The third kappa shape index (κ3) is 2.44. The van der Waals surface area contributed by atoms with Crippen LogP contribution in [0.1, 0.15) is 45.7 Å². The summed E-state index contributed by atoms with van der Waals surface area (Å²) in [5.41, 5.74) is 0.129. The maximum Gasteiger partial charge on any atom is 0.408 e. The minimum atomic E-state index is -1.01. The molecule has 2 aliphatic rings. The fraction of sp³-hybridized carbons (Fsp3) is 0.611. The number of rotatable bonds is 2. The van der Waals surface area contributed by atoms with Gasteiger partial charge < -0.3 is 10.4 Å². The lowest BCUT2D eigenvalue weighted by Crippen LogP contribution is -2.61. The van der Waals surface area contributed by atoms with Crippen LogP contribution in [0, 0.1) is 18.3 Å². The number of carboxylic acid groups (broad SMARTS) is 1. The summed E-state index contributed by atoms with van der Waals surface area (Å²) >= 11 is 0. The molecule has 1 aliphatic carbocycles. The van der Waals surface area contributed by atoms with Gasteiger partial charge in [0.2, 0.25) is 5.91 Å². The maximum atomic E-state index is 12.8. The Kier molecular flexibility index (Phi) is 3.81. The van der Waals surface area contributed by atoms with Crippen LogP contribution in [-0.4, -0.2) is 38.6 Å². The van der Waals surface area contributed by atoms with Crippen molar-refractivity contribution in [1.29, 1.82) is 0 Å². The van der Waals surface area contributed by atoms with Gasteiger partial charge in [0.05, 0.1) is 5.54 Å². The quantitative estimate of drug-likeness (QED) is 0.871. The average Bonchev–Trinajstić information content (AvgIpc) is 3.04. The molecule has 6 heteroatoms. The molecule has 0 unspecified atom stereocenters. The van der Waals surface area contributed by atoms with Gasteiger partial charge in [0, 0.05) is 5.69 Å². The number of hydrogen-bond donors (Lipinski definition) is 2. The molecule has 2 N–H and O–H groups in total. The molecular formula is C18H25N3O3. The first-order valence-electron chi connectivity index (χ1n) is 8.42. The number of aromatic nitrogens is 1. The monoisotopic (exact) mass is 331 g/mol. The van der Waals surface area contributed by atoms with Crippen molar-refractivity contribution < 1.29 is 14.7 Å². The Hall–Kier alpha value is -2.11. The van der Waals surface area contributed by atoms with Gasteiger partial charge in [0.25, 0.3) is 0 Å². The largest absolute Gasteiger partial charge is 0.465 e. The van der Waals surface area contributed by atoms with Gasteiger partial charge in [-0.25, -0.2) is 9.78 Å². The van der Waals surface area contributed by atoms with Gasteiger partial charge in [0.15, 0.2) is 0 Å². The molecule has 1 saturated heterocycles. The van der Waals surface area contributed by atoms with Crippen LogP contribution in [0.25, 0.3) is 0 Å². The van der Waals surface area contributed by atoms with E-state index in [1.807, 2.05) is 19.1 Å². The summed E-state index contributed by atoms with van der Waals surface area (Å²) < 4.78 is 0. The number of hydrogen-bond acceptors (Lipinski definition) is 3. The van der Waals surface area contributed by atoms with Crippen molar-refractivity contribution in [3.8, 4) is 0 Å². The lowest BCUT2D eigenvalue weighted by Gasteiger charge is -2.48. The lowest BCUT2D eigenvalue weighted by molar-refractivity contribution is -0.124. The summed E-state index contributed by atoms with van der Waals surface area (Å²) in [7, 11) is 0. The van der Waals surface area contributed by atoms with Crippen molar-refractivity contribution in [3.05, 3.63) is 23.9 Å². The SMILES string of the molecule is Cc1cccc(NC(=O)[C@@H]2[C@H]3CC[C@](C(C)(C)C)(C3)N2C(=O)O)n1. The molecule has 1 aromatic heterocycles. The molecule has 1 aromatic rings. The van der Waals surface area contributed by atoms with E-state index in [0.717, 1.165) is 25.0 Å². The number of carbonyl (C=O) groups is 2. The summed E-state index contributed by atoms with van der Waals surface area (Å²) in [6.07, 6.45) is 1.45. The topological polar surface area (TPSA) is 82.5 Å². The Morgan fingerprint density at radius 1 is 1.38 bits per heavy atom. The van der Waals surface area contributed by atoms with Gasteiger partial charge in [-0.3, -0.25) is 9.69 Å². The molecule has 2 heterocycles. The van der Waals surface area contributed by atoms with Crippen LogP contribution in [0.2, 0.25) is 0 Å². The number of anilines is 1. The first kappa shape index (κ1) is 16.7. The third-order valence-electron chi connectivity index (χ3n) is 5.72. The first-order chi connectivity index (χ1) is 11.2. The maximum absolute atomic E-state index is 12.8. The van der Waals surface area contributed by atoms with E-state index < -0.39 is 17.7 Å². The fourth-order valence-corrected chi connectivity index (χ4v) is 4.52. The zero-order valence-corrected chi connectivity index (χ0v) is 14.7. The van der Waals surface area contributed by atoms with Crippen molar-refractivity contribution in [3.63, 3.8) is 0 Å². The first-order valence-corrected chi connectivity index (χ1v) is 8.42. The molecule has 130 valence electrons. The molecule has 0 aromatic carbocycles. The number of pyridine rings is 1. The number of carbonyl (C=O) groups excluding carboxylic acids is 1. The summed E-state index contributed by atoms with van der Waals surface area (Å²) in [4.78, 5) is 30.5. The second-order valence-electron chi connectivity index (χ2n) is 8.04. The minimum Gasteiger partial charge on any atom is -0.465 e. The lowest BCUT2D eigenvalue weighted by atomic mass is 9.72. The number of amides is 2. The molecule has 3 atom stereocenters. The Balaban J connectivity index is 1.90. The Bertz CT molecular complexity index is 682. The molecule has 2 amide bonds. The van der Waals surface area contributed by atoms with E-state index in [0.29, 0.717) is 5.82 Å². The molecule has 1 saturated carbocycles. The highest BCUT2D eigenvalue weighted by atomic mass is 16.4.